The van der Waals surface area contributed by atoms with E-state index in [-0.39, 0.29) is 31.2 Å². The molecule has 8 heteroatoms. The number of benzene rings is 1. The summed E-state index contributed by atoms with van der Waals surface area (Å²) >= 11 is 0. The summed E-state index contributed by atoms with van der Waals surface area (Å²) in [5.74, 6) is -1.57. The van der Waals surface area contributed by atoms with Crippen LogP contribution >= 0.6 is 0 Å². The molecule has 2 N–H and O–H groups in total. The van der Waals surface area contributed by atoms with Crippen molar-refractivity contribution >= 4 is 17.7 Å². The molecule has 1 spiro atoms. The van der Waals surface area contributed by atoms with Crippen molar-refractivity contribution < 1.29 is 23.5 Å². The number of nitrogens with one attached hydrogen (secondary N) is 2. The minimum atomic E-state index is -0.702. The number of rotatable bonds is 3. The number of carbonyl (C=O) groups is 3. The molecule has 1 aromatic rings. The number of aryl methyl sites for hydroxylation is 1. The Hall–Kier alpha value is -2.32. The Kier molecular flexibility index (Phi) is 6.46. The van der Waals surface area contributed by atoms with Crippen LogP contribution in [0.5, 0.6) is 0 Å². The summed E-state index contributed by atoms with van der Waals surface area (Å²) in [5, 5.41) is 5.97. The van der Waals surface area contributed by atoms with Crippen LogP contribution in [0.1, 0.15) is 79.3 Å². The van der Waals surface area contributed by atoms with Gasteiger partial charge >= 0.3 is 0 Å². The molecular formula is C26H34FN3O4. The second-order valence-corrected chi connectivity index (χ2v) is 10.7. The van der Waals surface area contributed by atoms with Gasteiger partial charge in [-0.3, -0.25) is 19.7 Å². The molecule has 3 aliphatic heterocycles. The van der Waals surface area contributed by atoms with E-state index >= 15 is 0 Å². The topological polar surface area (TPSA) is 87.7 Å². The zero-order valence-corrected chi connectivity index (χ0v) is 19.8. The van der Waals surface area contributed by atoms with Gasteiger partial charge < -0.3 is 15.0 Å². The smallest absolute Gasteiger partial charge is 0.255 e. The highest BCUT2D eigenvalue weighted by Gasteiger charge is 2.48. The number of carbonyl (C=O) groups excluding carboxylic acids is 3. The van der Waals surface area contributed by atoms with Crippen LogP contribution in [0.4, 0.5) is 4.39 Å². The third kappa shape index (κ3) is 4.50. The van der Waals surface area contributed by atoms with Crippen molar-refractivity contribution in [1.82, 2.24) is 15.5 Å². The maximum absolute atomic E-state index is 14.0. The fourth-order valence-corrected chi connectivity index (χ4v) is 6.12. The SMILES string of the molecule is C1COCC(NC2CC3(CCC3)C2)C1.Cc1ccc2c(c1F)CN(C1CCC(=O)NC1=O)C2=O. The molecule has 7 nitrogen and oxygen atoms in total. The number of amides is 3. The van der Waals surface area contributed by atoms with E-state index < -0.39 is 17.8 Å². The average Bonchev–Trinajstić information content (AvgIpc) is 3.10. The molecule has 3 heterocycles. The molecule has 2 unspecified atom stereocenters. The van der Waals surface area contributed by atoms with Gasteiger partial charge in [-0.25, -0.2) is 4.39 Å². The van der Waals surface area contributed by atoms with Gasteiger partial charge in [-0.05, 0) is 68.9 Å². The van der Waals surface area contributed by atoms with Gasteiger partial charge in [-0.2, -0.15) is 0 Å². The monoisotopic (exact) mass is 471 g/mol. The summed E-state index contributed by atoms with van der Waals surface area (Å²) in [6.45, 7) is 3.64. The van der Waals surface area contributed by atoms with Crippen molar-refractivity contribution in [2.24, 2.45) is 5.41 Å². The van der Waals surface area contributed by atoms with Gasteiger partial charge in [0.05, 0.1) is 13.2 Å². The molecule has 5 aliphatic rings. The normalized spacial score (nSPS) is 27.9. The summed E-state index contributed by atoms with van der Waals surface area (Å²) in [5.41, 5.74) is 1.92. The van der Waals surface area contributed by atoms with Crippen molar-refractivity contribution in [3.8, 4) is 0 Å². The molecule has 2 atom stereocenters. The molecule has 2 aliphatic carbocycles. The predicted molar refractivity (Wildman–Crippen MR) is 123 cm³/mol. The van der Waals surface area contributed by atoms with E-state index in [0.29, 0.717) is 22.7 Å². The maximum atomic E-state index is 14.0. The summed E-state index contributed by atoms with van der Waals surface area (Å²) in [7, 11) is 0. The summed E-state index contributed by atoms with van der Waals surface area (Å²) < 4.78 is 19.5. The molecule has 1 aromatic carbocycles. The van der Waals surface area contributed by atoms with Crippen LogP contribution in [0, 0.1) is 18.2 Å². The second kappa shape index (κ2) is 9.38. The summed E-state index contributed by atoms with van der Waals surface area (Å²) in [4.78, 5) is 36.6. The van der Waals surface area contributed by atoms with E-state index in [1.165, 1.54) is 49.8 Å². The second-order valence-electron chi connectivity index (χ2n) is 10.7. The number of ether oxygens (including phenoxy) is 1. The van der Waals surface area contributed by atoms with E-state index in [0.717, 1.165) is 24.7 Å². The highest BCUT2D eigenvalue weighted by Crippen LogP contribution is 2.55. The molecule has 34 heavy (non-hydrogen) atoms. The van der Waals surface area contributed by atoms with E-state index in [4.69, 9.17) is 4.74 Å². The minimum Gasteiger partial charge on any atom is -0.380 e. The van der Waals surface area contributed by atoms with Crippen molar-refractivity contribution in [2.45, 2.75) is 89.4 Å². The summed E-state index contributed by atoms with van der Waals surface area (Å²) in [6.07, 6.45) is 10.4. The highest BCUT2D eigenvalue weighted by molar-refractivity contribution is 6.05. The van der Waals surface area contributed by atoms with Crippen molar-refractivity contribution in [3.63, 3.8) is 0 Å². The number of hydrogen-bond acceptors (Lipinski definition) is 5. The minimum absolute atomic E-state index is 0.0773. The average molecular weight is 472 g/mol. The molecule has 0 bridgehead atoms. The van der Waals surface area contributed by atoms with Gasteiger partial charge in [-0.1, -0.05) is 12.5 Å². The first-order chi connectivity index (χ1) is 16.3. The quantitative estimate of drug-likeness (QED) is 0.662. The van der Waals surface area contributed by atoms with Crippen LogP contribution in [-0.2, 0) is 20.9 Å². The number of halogens is 1. The van der Waals surface area contributed by atoms with Crippen LogP contribution in [0.15, 0.2) is 12.1 Å². The van der Waals surface area contributed by atoms with Crippen molar-refractivity contribution in [3.05, 3.63) is 34.6 Å². The van der Waals surface area contributed by atoms with Crippen molar-refractivity contribution in [1.29, 1.82) is 0 Å². The van der Waals surface area contributed by atoms with E-state index in [1.807, 2.05) is 0 Å². The van der Waals surface area contributed by atoms with Crippen LogP contribution in [0.3, 0.4) is 0 Å². The van der Waals surface area contributed by atoms with E-state index in [9.17, 15) is 18.8 Å². The van der Waals surface area contributed by atoms with Gasteiger partial charge in [0.15, 0.2) is 0 Å². The Bertz CT molecular complexity index is 979. The zero-order chi connectivity index (χ0) is 23.9. The van der Waals surface area contributed by atoms with Gasteiger partial charge in [-0.15, -0.1) is 0 Å². The van der Waals surface area contributed by atoms with Gasteiger partial charge in [0.2, 0.25) is 11.8 Å². The van der Waals surface area contributed by atoms with Crippen molar-refractivity contribution in [2.75, 3.05) is 13.2 Å². The van der Waals surface area contributed by atoms with Gasteiger partial charge in [0, 0.05) is 36.2 Å². The Labute approximate surface area is 199 Å². The zero-order valence-electron chi connectivity index (χ0n) is 19.8. The Morgan fingerprint density at radius 2 is 1.91 bits per heavy atom. The van der Waals surface area contributed by atoms with Crippen LogP contribution in [0.25, 0.3) is 0 Å². The van der Waals surface area contributed by atoms with Crippen LogP contribution in [0.2, 0.25) is 0 Å². The first-order valence-electron chi connectivity index (χ1n) is 12.6. The molecule has 184 valence electrons. The number of hydrogen-bond donors (Lipinski definition) is 2. The van der Waals surface area contributed by atoms with Gasteiger partial charge in [0.1, 0.15) is 11.9 Å². The van der Waals surface area contributed by atoms with Crippen LogP contribution < -0.4 is 10.6 Å². The first kappa shape index (κ1) is 23.4. The summed E-state index contributed by atoms with van der Waals surface area (Å²) in [6, 6.07) is 3.92. The molecule has 0 aromatic heterocycles. The standard InChI is InChI=1S/C14H13FN2O3.C12H21NO/c1-7-2-3-8-9(12(7)15)6-17(14(8)20)10-4-5-11(18)16-13(10)19;1-3-10(9-14-6-1)13-11-7-12(8-11)4-2-5-12/h2-3,10H,4-6H2,1H3,(H,16,18,19);10-11,13H,1-9H2. The van der Waals surface area contributed by atoms with E-state index in [2.05, 4.69) is 10.6 Å². The molecular weight excluding hydrogens is 437 g/mol. The first-order valence-corrected chi connectivity index (χ1v) is 12.6. The fourth-order valence-electron chi connectivity index (χ4n) is 6.12. The molecule has 0 radical (unpaired) electrons. The maximum Gasteiger partial charge on any atom is 0.255 e. The molecule has 4 fully saturated rings. The molecule has 6 rings (SSSR count). The lowest BCUT2D eigenvalue weighted by Gasteiger charge is -2.55. The number of imide groups is 1. The lowest BCUT2D eigenvalue weighted by molar-refractivity contribution is -0.136. The Balaban J connectivity index is 0.000000150. The fraction of sp³-hybridized carbons (Fsp3) is 0.654. The van der Waals surface area contributed by atoms with Crippen LogP contribution in [-0.4, -0.2) is 54.0 Å². The predicted octanol–water partition coefficient (Wildman–Crippen LogP) is 2.98. The third-order valence-electron chi connectivity index (χ3n) is 8.25. The lowest BCUT2D eigenvalue weighted by Crippen LogP contribution is -2.55. The third-order valence-corrected chi connectivity index (χ3v) is 8.25. The largest absolute Gasteiger partial charge is 0.380 e. The number of fused-ring (bicyclic) bond motifs is 1. The van der Waals surface area contributed by atoms with E-state index in [1.54, 1.807) is 19.1 Å². The number of piperidine rings is 1. The molecule has 2 saturated heterocycles. The molecule has 2 saturated carbocycles. The molecule has 3 amide bonds. The van der Waals surface area contributed by atoms with Gasteiger partial charge in [0.25, 0.3) is 5.91 Å². The highest BCUT2D eigenvalue weighted by atomic mass is 19.1. The Morgan fingerprint density at radius 1 is 1.12 bits per heavy atom. The number of nitrogens with zero attached hydrogens (tertiary/aromatic N) is 1. The lowest BCUT2D eigenvalue weighted by atomic mass is 9.54. The Morgan fingerprint density at radius 3 is 2.56 bits per heavy atom.